The molecule has 45 heavy (non-hydrogen) atoms. The highest BCUT2D eigenvalue weighted by Gasteiger charge is 2.49. The van der Waals surface area contributed by atoms with Crippen molar-refractivity contribution in [3.8, 4) is 17.1 Å². The fourth-order valence-electron chi connectivity index (χ4n) is 6.30. The minimum atomic E-state index is -0.966. The number of amides is 1. The van der Waals surface area contributed by atoms with Crippen LogP contribution in [0.5, 0.6) is 6.01 Å². The zero-order chi connectivity index (χ0) is 32.3. The van der Waals surface area contributed by atoms with E-state index in [1.165, 1.54) is 31.5 Å². The highest BCUT2D eigenvalue weighted by Crippen LogP contribution is 2.45. The number of aromatic amines is 1. The number of ether oxygens (including phenoxy) is 2. The van der Waals surface area contributed by atoms with Crippen molar-refractivity contribution in [2.75, 3.05) is 32.1 Å². The maximum Gasteiger partial charge on any atom is 0.412 e. The van der Waals surface area contributed by atoms with E-state index < -0.39 is 40.6 Å². The maximum atomic E-state index is 16.5. The molecule has 2 fully saturated rings. The number of fused-ring (bicyclic) bond motifs is 3. The molecule has 238 valence electrons. The second-order valence-electron chi connectivity index (χ2n) is 12.3. The first-order chi connectivity index (χ1) is 21.3. The molecule has 2 saturated heterocycles. The summed E-state index contributed by atoms with van der Waals surface area (Å²) in [6.45, 7) is 6.31. The van der Waals surface area contributed by atoms with E-state index in [1.807, 2.05) is 0 Å². The largest absolute Gasteiger partial charge is 0.463 e. The summed E-state index contributed by atoms with van der Waals surface area (Å²) in [6, 6.07) is 3.63. The summed E-state index contributed by atoms with van der Waals surface area (Å²) in [5.74, 6) is -1.52. The number of anilines is 1. The predicted octanol–water partition coefficient (Wildman–Crippen LogP) is 7.09. The van der Waals surface area contributed by atoms with E-state index in [-0.39, 0.29) is 54.8 Å². The molecular formula is C31H31ClF3N5O4S. The van der Waals surface area contributed by atoms with Crippen LogP contribution in [0, 0.1) is 11.6 Å². The SMILES string of the molecule is CN=Cc1c(NC(=O)OC(C)(C)C)sc2c(F)ccc(-c3c(Cl)cc4c(=O)[nH]c(OC[C@@]56CCCN5C[C@H](F)C6)nc4c3F)c12. The van der Waals surface area contributed by atoms with Crippen molar-refractivity contribution >= 4 is 61.2 Å². The third-order valence-corrected chi connectivity index (χ3v) is 9.51. The zero-order valence-electron chi connectivity index (χ0n) is 25.0. The van der Waals surface area contributed by atoms with Crippen molar-refractivity contribution in [3.05, 3.63) is 50.8 Å². The van der Waals surface area contributed by atoms with Gasteiger partial charge in [-0.05, 0) is 57.9 Å². The highest BCUT2D eigenvalue weighted by atomic mass is 35.5. The molecule has 1 amide bonds. The second kappa shape index (κ2) is 11.6. The number of thiophene rings is 1. The molecule has 2 aliphatic heterocycles. The number of rotatable bonds is 6. The molecule has 14 heteroatoms. The topological polar surface area (TPSA) is 109 Å². The Hall–Kier alpha value is -3.68. The van der Waals surface area contributed by atoms with E-state index in [2.05, 4.69) is 25.2 Å². The van der Waals surface area contributed by atoms with Gasteiger partial charge in [0.05, 0.1) is 20.6 Å². The minimum Gasteiger partial charge on any atom is -0.463 e. The van der Waals surface area contributed by atoms with Crippen LogP contribution in [0.15, 0.2) is 28.0 Å². The number of alkyl halides is 1. The summed E-state index contributed by atoms with van der Waals surface area (Å²) in [5, 5.41) is 2.92. The van der Waals surface area contributed by atoms with Crippen molar-refractivity contribution in [3.63, 3.8) is 0 Å². The van der Waals surface area contributed by atoms with Gasteiger partial charge in [-0.2, -0.15) is 4.98 Å². The molecule has 0 bridgehead atoms. The molecule has 2 aromatic carbocycles. The standard InChI is InChI=1S/C31H31ClF3N5O4S/c1-30(2,3)44-29(42)39-27-18(12-36-4)21-16(6-7-20(34)25(21)45-27)22-19(32)10-17-24(23(22)35)37-28(38-26(17)41)43-14-31-8-5-9-40(31)13-15(33)11-31/h6-7,10,12,15H,5,8-9,11,13-14H2,1-4H3,(H,39,42)(H,37,38,41)/t15-,31+/m1/s1. The average Bonchev–Trinajstić information content (AvgIpc) is 3.59. The van der Waals surface area contributed by atoms with Crippen LogP contribution in [-0.4, -0.2) is 71.2 Å². The lowest BCUT2D eigenvalue weighted by Gasteiger charge is -2.30. The fourth-order valence-corrected chi connectivity index (χ4v) is 7.68. The summed E-state index contributed by atoms with van der Waals surface area (Å²) in [5.41, 5.74) is -1.85. The van der Waals surface area contributed by atoms with Crippen molar-refractivity contribution in [1.29, 1.82) is 0 Å². The van der Waals surface area contributed by atoms with Crippen LogP contribution in [0.2, 0.25) is 5.02 Å². The van der Waals surface area contributed by atoms with Gasteiger partial charge in [-0.15, -0.1) is 11.3 Å². The molecule has 0 radical (unpaired) electrons. The summed E-state index contributed by atoms with van der Waals surface area (Å²) >= 11 is 7.54. The van der Waals surface area contributed by atoms with Gasteiger partial charge in [-0.25, -0.2) is 18.0 Å². The average molecular weight is 662 g/mol. The van der Waals surface area contributed by atoms with Gasteiger partial charge >= 0.3 is 6.09 Å². The van der Waals surface area contributed by atoms with Crippen LogP contribution < -0.4 is 15.6 Å². The molecule has 4 aromatic rings. The number of H-pyrrole nitrogens is 1. The number of aromatic nitrogens is 2. The molecule has 2 atom stereocenters. The lowest BCUT2D eigenvalue weighted by atomic mass is 9.95. The lowest BCUT2D eigenvalue weighted by molar-refractivity contribution is 0.0636. The van der Waals surface area contributed by atoms with Gasteiger partial charge in [-0.1, -0.05) is 17.7 Å². The summed E-state index contributed by atoms with van der Waals surface area (Å²) in [4.78, 5) is 38.6. The first-order valence-electron chi connectivity index (χ1n) is 14.4. The van der Waals surface area contributed by atoms with Gasteiger partial charge in [0.1, 0.15) is 34.7 Å². The molecule has 0 aliphatic carbocycles. The molecule has 0 unspecified atom stereocenters. The lowest BCUT2D eigenvalue weighted by Crippen LogP contribution is -2.43. The Morgan fingerprint density at radius 1 is 1.36 bits per heavy atom. The van der Waals surface area contributed by atoms with E-state index >= 15 is 8.78 Å². The van der Waals surface area contributed by atoms with Gasteiger partial charge in [0.25, 0.3) is 11.6 Å². The number of benzene rings is 2. The van der Waals surface area contributed by atoms with Crippen molar-refractivity contribution in [2.45, 2.75) is 57.3 Å². The van der Waals surface area contributed by atoms with Crippen molar-refractivity contribution in [1.82, 2.24) is 14.9 Å². The number of nitrogens with zero attached hydrogens (tertiary/aromatic N) is 3. The molecule has 4 heterocycles. The van der Waals surface area contributed by atoms with Crippen molar-refractivity contribution in [2.24, 2.45) is 4.99 Å². The maximum absolute atomic E-state index is 16.5. The number of hydrogen-bond donors (Lipinski definition) is 2. The van der Waals surface area contributed by atoms with Gasteiger partial charge in [0.15, 0.2) is 5.82 Å². The summed E-state index contributed by atoms with van der Waals surface area (Å²) in [7, 11) is 1.50. The predicted molar refractivity (Wildman–Crippen MR) is 170 cm³/mol. The number of halogens is 4. The Bertz CT molecular complexity index is 1920. The van der Waals surface area contributed by atoms with E-state index in [0.29, 0.717) is 18.5 Å². The van der Waals surface area contributed by atoms with Gasteiger partial charge in [0.2, 0.25) is 0 Å². The minimum absolute atomic E-state index is 0.0879. The first-order valence-corrected chi connectivity index (χ1v) is 15.6. The number of aliphatic imine (C=N–C) groups is 1. The van der Waals surface area contributed by atoms with Crippen LogP contribution in [0.3, 0.4) is 0 Å². The summed E-state index contributed by atoms with van der Waals surface area (Å²) in [6.07, 6.45) is 1.66. The normalized spacial score (nSPS) is 20.4. The number of carbonyl (C=O) groups is 1. The Balaban J connectivity index is 1.45. The van der Waals surface area contributed by atoms with Gasteiger partial charge in [0, 0.05) is 42.7 Å². The Labute approximate surface area is 265 Å². The quantitative estimate of drug-likeness (QED) is 0.214. The first kappa shape index (κ1) is 31.3. The molecule has 0 spiro atoms. The third kappa shape index (κ3) is 5.77. The monoisotopic (exact) mass is 661 g/mol. The molecule has 6 rings (SSSR count). The molecule has 9 nitrogen and oxygen atoms in total. The smallest absolute Gasteiger partial charge is 0.412 e. The molecule has 2 aromatic heterocycles. The Morgan fingerprint density at radius 3 is 2.87 bits per heavy atom. The number of nitrogens with one attached hydrogen (secondary N) is 2. The van der Waals surface area contributed by atoms with E-state index in [0.717, 1.165) is 30.7 Å². The molecule has 2 N–H and O–H groups in total. The Kier molecular flexibility index (Phi) is 8.07. The molecule has 2 aliphatic rings. The van der Waals surface area contributed by atoms with Crippen LogP contribution in [0.1, 0.15) is 45.6 Å². The number of hydrogen-bond acceptors (Lipinski definition) is 8. The zero-order valence-corrected chi connectivity index (χ0v) is 26.6. The van der Waals surface area contributed by atoms with E-state index in [9.17, 15) is 14.0 Å². The number of carbonyl (C=O) groups excluding carboxylic acids is 1. The highest BCUT2D eigenvalue weighted by molar-refractivity contribution is 7.23. The van der Waals surface area contributed by atoms with Crippen LogP contribution >= 0.6 is 22.9 Å². The summed E-state index contributed by atoms with van der Waals surface area (Å²) < 4.78 is 57.3. The fraction of sp³-hybridized carbons (Fsp3) is 0.419. The van der Waals surface area contributed by atoms with E-state index in [4.69, 9.17) is 21.1 Å². The third-order valence-electron chi connectivity index (χ3n) is 8.08. The van der Waals surface area contributed by atoms with Crippen LogP contribution in [0.4, 0.5) is 23.0 Å². The van der Waals surface area contributed by atoms with Crippen LogP contribution in [-0.2, 0) is 4.74 Å². The Morgan fingerprint density at radius 2 is 2.13 bits per heavy atom. The molecular weight excluding hydrogens is 631 g/mol. The van der Waals surface area contributed by atoms with Gasteiger partial charge < -0.3 is 9.47 Å². The van der Waals surface area contributed by atoms with Gasteiger partial charge in [-0.3, -0.25) is 25.0 Å². The van der Waals surface area contributed by atoms with Crippen LogP contribution in [0.25, 0.3) is 32.1 Å². The second-order valence-corrected chi connectivity index (χ2v) is 13.8. The van der Waals surface area contributed by atoms with E-state index in [1.54, 1.807) is 20.8 Å². The molecule has 0 saturated carbocycles. The van der Waals surface area contributed by atoms with Crippen molar-refractivity contribution < 1.29 is 27.4 Å².